The van der Waals surface area contributed by atoms with Crippen LogP contribution in [0.25, 0.3) is 11.3 Å². The molecule has 0 aliphatic heterocycles. The Morgan fingerprint density at radius 2 is 2.10 bits per heavy atom. The van der Waals surface area contributed by atoms with E-state index < -0.39 is 0 Å². The smallest absolute Gasteiger partial charge is 0.114 e. The molecule has 2 aromatic rings. The molecule has 1 aliphatic rings. The first-order valence-electron chi connectivity index (χ1n) is 7.42. The highest BCUT2D eigenvalue weighted by molar-refractivity contribution is 5.63. The third kappa shape index (κ3) is 2.16. The average Bonchev–Trinajstić information content (AvgIpc) is 2.83. The van der Waals surface area contributed by atoms with Crippen LogP contribution < -0.4 is 5.32 Å². The van der Waals surface area contributed by atoms with Gasteiger partial charge >= 0.3 is 0 Å². The zero-order chi connectivity index (χ0) is 14.2. The number of H-pyrrole nitrogens is 1. The predicted molar refractivity (Wildman–Crippen MR) is 83.0 cm³/mol. The van der Waals surface area contributed by atoms with Crippen LogP contribution in [-0.2, 0) is 5.41 Å². The van der Waals surface area contributed by atoms with Crippen molar-refractivity contribution >= 4 is 0 Å². The van der Waals surface area contributed by atoms with E-state index in [0.717, 1.165) is 18.1 Å². The van der Waals surface area contributed by atoms with Gasteiger partial charge in [0.25, 0.3) is 0 Å². The maximum Gasteiger partial charge on any atom is 0.114 e. The van der Waals surface area contributed by atoms with Gasteiger partial charge in [0, 0.05) is 17.5 Å². The first-order valence-corrected chi connectivity index (χ1v) is 7.42. The van der Waals surface area contributed by atoms with Gasteiger partial charge in [-0.15, -0.1) is 0 Å². The lowest BCUT2D eigenvalue weighted by Crippen LogP contribution is -2.43. The number of rotatable bonds is 4. The van der Waals surface area contributed by atoms with Crippen LogP contribution in [0.15, 0.2) is 24.4 Å². The predicted octanol–water partition coefficient (Wildman–Crippen LogP) is 3.33. The Labute approximate surface area is 120 Å². The van der Waals surface area contributed by atoms with Crippen molar-refractivity contribution in [1.29, 1.82) is 0 Å². The normalized spacial score (nSPS) is 16.9. The van der Waals surface area contributed by atoms with Gasteiger partial charge in [-0.1, -0.05) is 30.2 Å². The van der Waals surface area contributed by atoms with E-state index in [-0.39, 0.29) is 5.41 Å². The van der Waals surface area contributed by atoms with E-state index in [1.807, 2.05) is 13.2 Å². The monoisotopic (exact) mass is 269 g/mol. The van der Waals surface area contributed by atoms with E-state index in [1.165, 1.54) is 36.0 Å². The molecule has 0 atom stereocenters. The zero-order valence-electron chi connectivity index (χ0n) is 12.6. The quantitative estimate of drug-likeness (QED) is 0.893. The Morgan fingerprint density at radius 3 is 2.70 bits per heavy atom. The molecule has 3 rings (SSSR count). The number of nitrogens with zero attached hydrogens (tertiary/aromatic N) is 1. The van der Waals surface area contributed by atoms with Crippen molar-refractivity contribution in [3.8, 4) is 11.3 Å². The molecule has 1 aliphatic carbocycles. The summed E-state index contributed by atoms with van der Waals surface area (Å²) in [7, 11) is 2.02. The number of benzene rings is 1. The molecule has 1 heterocycles. The molecule has 0 amide bonds. The van der Waals surface area contributed by atoms with Crippen molar-refractivity contribution in [2.45, 2.75) is 38.5 Å². The lowest BCUT2D eigenvalue weighted by molar-refractivity contribution is 0.226. The minimum atomic E-state index is 0.228. The fourth-order valence-electron chi connectivity index (χ4n) is 3.28. The van der Waals surface area contributed by atoms with Gasteiger partial charge in [-0.25, -0.2) is 4.98 Å². The Hall–Kier alpha value is -1.61. The SMILES string of the molecule is CNCC1(c2ncc(-c3ccc(C)cc3C)[nH]2)CCC1. The van der Waals surface area contributed by atoms with E-state index in [1.54, 1.807) is 0 Å². The Bertz CT molecular complexity index is 608. The average molecular weight is 269 g/mol. The number of aromatic amines is 1. The zero-order valence-corrected chi connectivity index (χ0v) is 12.6. The van der Waals surface area contributed by atoms with Crippen LogP contribution in [-0.4, -0.2) is 23.6 Å². The molecule has 2 N–H and O–H groups in total. The van der Waals surface area contributed by atoms with E-state index in [0.29, 0.717) is 0 Å². The largest absolute Gasteiger partial charge is 0.341 e. The molecular formula is C17H23N3. The second-order valence-corrected chi connectivity index (χ2v) is 6.13. The Kier molecular flexibility index (Phi) is 3.38. The standard InChI is InChI=1S/C17H23N3/c1-12-5-6-14(13(2)9-12)15-10-19-16(20-15)17(11-18-3)7-4-8-17/h5-6,9-10,18H,4,7-8,11H2,1-3H3,(H,19,20). The summed E-state index contributed by atoms with van der Waals surface area (Å²) in [5.41, 5.74) is 5.23. The summed E-state index contributed by atoms with van der Waals surface area (Å²) >= 11 is 0. The lowest BCUT2D eigenvalue weighted by Gasteiger charge is -2.40. The molecule has 0 bridgehead atoms. The number of likely N-dealkylation sites (N-methyl/N-ethyl adjacent to an activating group) is 1. The van der Waals surface area contributed by atoms with Crippen molar-refractivity contribution in [2.75, 3.05) is 13.6 Å². The summed E-state index contributed by atoms with van der Waals surface area (Å²) in [6, 6.07) is 6.57. The van der Waals surface area contributed by atoms with Gasteiger partial charge in [0.2, 0.25) is 0 Å². The Morgan fingerprint density at radius 1 is 1.30 bits per heavy atom. The molecule has 0 unspecified atom stereocenters. The van der Waals surface area contributed by atoms with E-state index >= 15 is 0 Å². The molecule has 3 heteroatoms. The van der Waals surface area contributed by atoms with Crippen LogP contribution in [0.5, 0.6) is 0 Å². The minimum absolute atomic E-state index is 0.228. The fourth-order valence-corrected chi connectivity index (χ4v) is 3.28. The van der Waals surface area contributed by atoms with Gasteiger partial charge in [0.15, 0.2) is 0 Å². The maximum absolute atomic E-state index is 4.67. The van der Waals surface area contributed by atoms with Crippen molar-refractivity contribution in [2.24, 2.45) is 0 Å². The molecule has 0 radical (unpaired) electrons. The van der Waals surface area contributed by atoms with E-state index in [9.17, 15) is 0 Å². The van der Waals surface area contributed by atoms with Gasteiger partial charge in [-0.05, 0) is 39.3 Å². The summed E-state index contributed by atoms with van der Waals surface area (Å²) in [5, 5.41) is 3.32. The second-order valence-electron chi connectivity index (χ2n) is 6.13. The van der Waals surface area contributed by atoms with Crippen LogP contribution in [0.3, 0.4) is 0 Å². The number of hydrogen-bond acceptors (Lipinski definition) is 2. The van der Waals surface area contributed by atoms with E-state index in [4.69, 9.17) is 0 Å². The first-order chi connectivity index (χ1) is 9.64. The van der Waals surface area contributed by atoms with Crippen LogP contribution in [0, 0.1) is 13.8 Å². The van der Waals surface area contributed by atoms with Crippen molar-refractivity contribution < 1.29 is 0 Å². The number of hydrogen-bond donors (Lipinski definition) is 2. The third-order valence-electron chi connectivity index (χ3n) is 4.58. The fraction of sp³-hybridized carbons (Fsp3) is 0.471. The van der Waals surface area contributed by atoms with Crippen LogP contribution in [0.2, 0.25) is 0 Å². The number of nitrogens with one attached hydrogen (secondary N) is 2. The van der Waals surface area contributed by atoms with Gasteiger partial charge in [0.05, 0.1) is 11.9 Å². The van der Waals surface area contributed by atoms with Crippen molar-refractivity contribution in [3.05, 3.63) is 41.3 Å². The molecule has 1 aromatic carbocycles. The molecular weight excluding hydrogens is 246 g/mol. The van der Waals surface area contributed by atoms with Gasteiger partial charge in [-0.2, -0.15) is 0 Å². The maximum atomic E-state index is 4.67. The molecule has 0 saturated heterocycles. The summed E-state index contributed by atoms with van der Waals surface area (Å²) < 4.78 is 0. The molecule has 106 valence electrons. The molecule has 1 aromatic heterocycles. The molecule has 20 heavy (non-hydrogen) atoms. The Balaban J connectivity index is 1.94. The van der Waals surface area contributed by atoms with E-state index in [2.05, 4.69) is 47.3 Å². The highest BCUT2D eigenvalue weighted by atomic mass is 15.0. The minimum Gasteiger partial charge on any atom is -0.341 e. The van der Waals surface area contributed by atoms with Gasteiger partial charge in [-0.3, -0.25) is 0 Å². The summed E-state index contributed by atoms with van der Waals surface area (Å²) in [6.45, 7) is 5.30. The van der Waals surface area contributed by atoms with Crippen LogP contribution in [0.4, 0.5) is 0 Å². The topological polar surface area (TPSA) is 40.7 Å². The molecule has 1 saturated carbocycles. The third-order valence-corrected chi connectivity index (χ3v) is 4.58. The summed E-state index contributed by atoms with van der Waals surface area (Å²) in [4.78, 5) is 8.24. The van der Waals surface area contributed by atoms with Crippen LogP contribution in [0.1, 0.15) is 36.2 Å². The number of aryl methyl sites for hydroxylation is 2. The van der Waals surface area contributed by atoms with Gasteiger partial charge in [0.1, 0.15) is 5.82 Å². The molecule has 1 fully saturated rings. The first kappa shape index (κ1) is 13.4. The number of aromatic nitrogens is 2. The highest BCUT2D eigenvalue weighted by Crippen LogP contribution is 2.42. The number of imidazole rings is 1. The second kappa shape index (κ2) is 5.06. The lowest BCUT2D eigenvalue weighted by atomic mass is 9.68. The highest BCUT2D eigenvalue weighted by Gasteiger charge is 2.40. The summed E-state index contributed by atoms with van der Waals surface area (Å²) in [6.07, 6.45) is 5.76. The summed E-state index contributed by atoms with van der Waals surface area (Å²) in [5.74, 6) is 1.15. The van der Waals surface area contributed by atoms with Crippen LogP contribution >= 0.6 is 0 Å². The van der Waals surface area contributed by atoms with Crippen molar-refractivity contribution in [3.63, 3.8) is 0 Å². The van der Waals surface area contributed by atoms with Gasteiger partial charge < -0.3 is 10.3 Å². The molecule has 0 spiro atoms. The molecule has 3 nitrogen and oxygen atoms in total. The van der Waals surface area contributed by atoms with Crippen molar-refractivity contribution in [1.82, 2.24) is 15.3 Å².